The summed E-state index contributed by atoms with van der Waals surface area (Å²) in [5.74, 6) is 1.98. The van der Waals surface area contributed by atoms with E-state index in [-0.39, 0.29) is 12.5 Å². The Balaban J connectivity index is 1.44. The molecule has 28 heavy (non-hydrogen) atoms. The fourth-order valence-corrected chi connectivity index (χ4v) is 2.88. The van der Waals surface area contributed by atoms with E-state index in [1.807, 2.05) is 32.0 Å². The van der Waals surface area contributed by atoms with Gasteiger partial charge in [0, 0.05) is 18.0 Å². The topological polar surface area (TPSA) is 99.4 Å². The van der Waals surface area contributed by atoms with Gasteiger partial charge in [0.25, 0.3) is 0 Å². The minimum atomic E-state index is -0.774. The zero-order valence-corrected chi connectivity index (χ0v) is 15.6. The average Bonchev–Trinajstić information content (AvgIpc) is 3.21. The van der Waals surface area contributed by atoms with Crippen LogP contribution in [0.4, 0.5) is 0 Å². The maximum atomic E-state index is 12.8. The molecule has 0 fully saturated rings. The van der Waals surface area contributed by atoms with Crippen molar-refractivity contribution in [3.63, 3.8) is 0 Å². The molecule has 0 saturated carbocycles. The molecule has 0 radical (unpaired) electrons. The molecule has 1 aliphatic heterocycles. The Hall–Kier alpha value is -3.42. The third-order valence-electron chi connectivity index (χ3n) is 4.64. The van der Waals surface area contributed by atoms with Gasteiger partial charge < -0.3 is 19.3 Å². The van der Waals surface area contributed by atoms with Crippen LogP contribution in [0.15, 0.2) is 47.2 Å². The van der Waals surface area contributed by atoms with E-state index in [4.69, 9.17) is 14.0 Å². The van der Waals surface area contributed by atoms with Gasteiger partial charge >= 0.3 is 0 Å². The first-order chi connectivity index (χ1) is 13.5. The molecule has 8 heteroatoms. The zero-order valence-electron chi connectivity index (χ0n) is 15.6. The summed E-state index contributed by atoms with van der Waals surface area (Å²) in [6.07, 6.45) is 3.31. The van der Waals surface area contributed by atoms with Crippen molar-refractivity contribution in [2.45, 2.75) is 25.8 Å². The maximum Gasteiger partial charge on any atom is 0.246 e. The van der Waals surface area contributed by atoms with Gasteiger partial charge in [-0.05, 0) is 43.7 Å². The second-order valence-corrected chi connectivity index (χ2v) is 6.91. The second kappa shape index (κ2) is 7.30. The van der Waals surface area contributed by atoms with E-state index in [2.05, 4.69) is 20.4 Å². The first kappa shape index (κ1) is 18.0. The monoisotopic (exact) mass is 380 g/mol. The Kier molecular flexibility index (Phi) is 4.68. The normalized spacial score (nSPS) is 13.2. The molecular formula is C20H20N4O4. The van der Waals surface area contributed by atoms with Crippen LogP contribution in [0.2, 0.25) is 0 Å². The summed E-state index contributed by atoms with van der Waals surface area (Å²) in [6, 6.07) is 9.14. The molecule has 0 aliphatic carbocycles. The van der Waals surface area contributed by atoms with E-state index in [0.717, 1.165) is 11.1 Å². The highest BCUT2D eigenvalue weighted by Gasteiger charge is 2.31. The Labute approximate surface area is 161 Å². The van der Waals surface area contributed by atoms with E-state index in [0.29, 0.717) is 36.4 Å². The lowest BCUT2D eigenvalue weighted by molar-refractivity contribution is -0.125. The minimum absolute atomic E-state index is 0.144. The number of nitrogens with one attached hydrogen (secondary N) is 1. The number of carbonyl (C=O) groups excluding carboxylic acids is 1. The fraction of sp³-hybridized carbons (Fsp3) is 0.300. The van der Waals surface area contributed by atoms with Crippen LogP contribution >= 0.6 is 0 Å². The van der Waals surface area contributed by atoms with Crippen molar-refractivity contribution in [1.82, 2.24) is 20.4 Å². The molecule has 4 rings (SSSR count). The Morgan fingerprint density at radius 3 is 2.64 bits per heavy atom. The van der Waals surface area contributed by atoms with Crippen molar-refractivity contribution in [1.29, 1.82) is 0 Å². The van der Waals surface area contributed by atoms with Gasteiger partial charge in [0.2, 0.25) is 17.6 Å². The lowest BCUT2D eigenvalue weighted by atomic mass is 9.83. The highest BCUT2D eigenvalue weighted by Crippen LogP contribution is 2.35. The summed E-state index contributed by atoms with van der Waals surface area (Å²) >= 11 is 0. The standard InChI is InChI=1S/C20H20N4O4/c1-20(2,14-3-4-15-16(11-14)27-10-9-26-15)19(25)22-12-17-23-18(24-28-17)13-5-7-21-8-6-13/h3-8,11H,9-10,12H2,1-2H3,(H,22,25). The quantitative estimate of drug-likeness (QED) is 0.726. The maximum absolute atomic E-state index is 12.8. The fourth-order valence-electron chi connectivity index (χ4n) is 2.88. The summed E-state index contributed by atoms with van der Waals surface area (Å²) in [5.41, 5.74) is 0.856. The van der Waals surface area contributed by atoms with Gasteiger partial charge in [-0.2, -0.15) is 4.98 Å². The third-order valence-corrected chi connectivity index (χ3v) is 4.64. The molecule has 1 aliphatic rings. The number of ether oxygens (including phenoxy) is 2. The molecule has 0 saturated heterocycles. The van der Waals surface area contributed by atoms with Crippen molar-refractivity contribution in [2.24, 2.45) is 0 Å². The molecular weight excluding hydrogens is 360 g/mol. The SMILES string of the molecule is CC(C)(C(=O)NCc1nc(-c2ccncc2)no1)c1ccc2c(c1)OCCO2. The molecule has 0 atom stereocenters. The summed E-state index contributed by atoms with van der Waals surface area (Å²) in [7, 11) is 0. The van der Waals surface area contributed by atoms with Gasteiger partial charge in [0.05, 0.1) is 12.0 Å². The lowest BCUT2D eigenvalue weighted by Crippen LogP contribution is -2.39. The second-order valence-electron chi connectivity index (χ2n) is 6.91. The van der Waals surface area contributed by atoms with Gasteiger partial charge in [0.15, 0.2) is 11.5 Å². The van der Waals surface area contributed by atoms with Crippen LogP contribution in [0.3, 0.4) is 0 Å². The van der Waals surface area contributed by atoms with E-state index < -0.39 is 5.41 Å². The highest BCUT2D eigenvalue weighted by molar-refractivity contribution is 5.87. The van der Waals surface area contributed by atoms with Crippen LogP contribution in [0.1, 0.15) is 25.3 Å². The first-order valence-corrected chi connectivity index (χ1v) is 8.95. The minimum Gasteiger partial charge on any atom is -0.486 e. The van der Waals surface area contributed by atoms with Gasteiger partial charge in [-0.15, -0.1) is 0 Å². The molecule has 0 unspecified atom stereocenters. The molecule has 8 nitrogen and oxygen atoms in total. The molecule has 1 amide bonds. The number of rotatable bonds is 5. The molecule has 1 aromatic carbocycles. The molecule has 0 bridgehead atoms. The molecule has 144 valence electrons. The van der Waals surface area contributed by atoms with Crippen LogP contribution in [-0.4, -0.2) is 34.2 Å². The molecule has 2 aromatic heterocycles. The smallest absolute Gasteiger partial charge is 0.246 e. The number of benzene rings is 1. The lowest BCUT2D eigenvalue weighted by Gasteiger charge is -2.26. The Morgan fingerprint density at radius 2 is 1.86 bits per heavy atom. The number of hydrogen-bond acceptors (Lipinski definition) is 7. The Morgan fingerprint density at radius 1 is 1.11 bits per heavy atom. The Bertz CT molecular complexity index is 985. The van der Waals surface area contributed by atoms with Crippen molar-refractivity contribution >= 4 is 5.91 Å². The van der Waals surface area contributed by atoms with Crippen LogP contribution in [0, 0.1) is 0 Å². The van der Waals surface area contributed by atoms with Crippen LogP contribution in [-0.2, 0) is 16.8 Å². The predicted octanol–water partition coefficient (Wildman–Crippen LogP) is 2.50. The van der Waals surface area contributed by atoms with Crippen LogP contribution < -0.4 is 14.8 Å². The molecule has 0 spiro atoms. The summed E-state index contributed by atoms with van der Waals surface area (Å²) in [6.45, 7) is 4.88. The molecule has 3 heterocycles. The van der Waals surface area contributed by atoms with E-state index in [1.54, 1.807) is 24.5 Å². The zero-order chi connectivity index (χ0) is 19.6. The summed E-state index contributed by atoms with van der Waals surface area (Å²) in [5, 5.41) is 6.80. The summed E-state index contributed by atoms with van der Waals surface area (Å²) in [4.78, 5) is 21.1. The van der Waals surface area contributed by atoms with Crippen molar-refractivity contribution in [2.75, 3.05) is 13.2 Å². The van der Waals surface area contributed by atoms with E-state index in [1.165, 1.54) is 0 Å². The largest absolute Gasteiger partial charge is 0.486 e. The van der Waals surface area contributed by atoms with Crippen molar-refractivity contribution < 1.29 is 18.8 Å². The molecule has 1 N–H and O–H groups in total. The number of amides is 1. The number of fused-ring (bicyclic) bond motifs is 1. The summed E-state index contributed by atoms with van der Waals surface area (Å²) < 4.78 is 16.4. The van der Waals surface area contributed by atoms with Crippen molar-refractivity contribution in [3.8, 4) is 22.9 Å². The predicted molar refractivity (Wildman–Crippen MR) is 99.8 cm³/mol. The van der Waals surface area contributed by atoms with E-state index in [9.17, 15) is 4.79 Å². The first-order valence-electron chi connectivity index (χ1n) is 8.95. The van der Waals surface area contributed by atoms with Crippen LogP contribution in [0.25, 0.3) is 11.4 Å². The van der Waals surface area contributed by atoms with Gasteiger partial charge in [0.1, 0.15) is 13.2 Å². The number of nitrogens with zero attached hydrogens (tertiary/aromatic N) is 3. The third kappa shape index (κ3) is 3.53. The van der Waals surface area contributed by atoms with Gasteiger partial charge in [-0.3, -0.25) is 9.78 Å². The number of carbonyl (C=O) groups is 1. The number of aromatic nitrogens is 3. The van der Waals surface area contributed by atoms with Gasteiger partial charge in [-0.1, -0.05) is 11.2 Å². The average molecular weight is 380 g/mol. The number of hydrogen-bond donors (Lipinski definition) is 1. The highest BCUT2D eigenvalue weighted by atomic mass is 16.6. The van der Waals surface area contributed by atoms with Gasteiger partial charge in [-0.25, -0.2) is 0 Å². The van der Waals surface area contributed by atoms with Crippen molar-refractivity contribution in [3.05, 3.63) is 54.2 Å². The number of pyridine rings is 1. The molecule has 3 aromatic rings. The van der Waals surface area contributed by atoms with E-state index >= 15 is 0 Å². The van der Waals surface area contributed by atoms with Crippen LogP contribution in [0.5, 0.6) is 11.5 Å².